The molecule has 0 aromatic heterocycles. The zero-order valence-electron chi connectivity index (χ0n) is 17.8. The Morgan fingerprint density at radius 2 is 1.66 bits per heavy atom. The first kappa shape index (κ1) is 22.3. The second-order valence-corrected chi connectivity index (χ2v) is 7.06. The first-order chi connectivity index (χ1) is 14.0. The lowest BCUT2D eigenvalue weighted by molar-refractivity contribution is -0.118. The Morgan fingerprint density at radius 1 is 1.00 bits per heavy atom. The van der Waals surface area contributed by atoms with Gasteiger partial charge in [-0.25, -0.2) is 4.99 Å². The minimum absolute atomic E-state index is 0.0197. The van der Waals surface area contributed by atoms with Gasteiger partial charge >= 0.3 is 0 Å². The van der Waals surface area contributed by atoms with Crippen molar-refractivity contribution >= 4 is 17.6 Å². The molecule has 0 fully saturated rings. The van der Waals surface area contributed by atoms with E-state index in [4.69, 9.17) is 4.74 Å². The summed E-state index contributed by atoms with van der Waals surface area (Å²) in [6.45, 7) is 7.96. The zero-order valence-corrected chi connectivity index (χ0v) is 17.8. The number of ether oxygens (including phenoxy) is 1. The lowest BCUT2D eigenvalue weighted by Gasteiger charge is -2.12. The van der Waals surface area contributed by atoms with E-state index in [1.54, 1.807) is 7.11 Å². The molecule has 2 aromatic rings. The fourth-order valence-electron chi connectivity index (χ4n) is 2.61. The topological polar surface area (TPSA) is 74.8 Å². The van der Waals surface area contributed by atoms with Gasteiger partial charge in [0.15, 0.2) is 5.96 Å². The SMILES string of the molecule is CCNC(=NCc1ccc(NC(=O)C(C)C)cc1)NCCc1ccc(OC)cc1. The molecule has 0 saturated heterocycles. The van der Waals surface area contributed by atoms with Gasteiger partial charge in [0.05, 0.1) is 13.7 Å². The molecule has 0 aliphatic carbocycles. The smallest absolute Gasteiger partial charge is 0.226 e. The van der Waals surface area contributed by atoms with Gasteiger partial charge in [-0.15, -0.1) is 0 Å². The number of carbonyl (C=O) groups excluding carboxylic acids is 1. The third-order valence-corrected chi connectivity index (χ3v) is 4.37. The predicted octanol–water partition coefficient (Wildman–Crippen LogP) is 3.59. The van der Waals surface area contributed by atoms with Gasteiger partial charge in [0.1, 0.15) is 5.75 Å². The first-order valence-electron chi connectivity index (χ1n) is 10.1. The van der Waals surface area contributed by atoms with Crippen LogP contribution < -0.4 is 20.7 Å². The van der Waals surface area contributed by atoms with Gasteiger partial charge < -0.3 is 20.7 Å². The number of methoxy groups -OCH3 is 1. The molecule has 0 atom stereocenters. The standard InChI is InChI=1S/C23H32N4O2/c1-5-24-23(25-15-14-18-8-12-21(29-4)13-9-18)26-16-19-6-10-20(11-7-19)27-22(28)17(2)3/h6-13,17H,5,14-16H2,1-4H3,(H,27,28)(H2,24,25,26). The summed E-state index contributed by atoms with van der Waals surface area (Å²) in [7, 11) is 1.67. The van der Waals surface area contributed by atoms with Crippen molar-refractivity contribution in [3.05, 3.63) is 59.7 Å². The number of nitrogens with one attached hydrogen (secondary N) is 3. The third kappa shape index (κ3) is 7.86. The molecule has 1 amide bonds. The number of rotatable bonds is 9. The minimum atomic E-state index is -0.0362. The minimum Gasteiger partial charge on any atom is -0.497 e. The van der Waals surface area contributed by atoms with E-state index in [1.807, 2.05) is 57.2 Å². The van der Waals surface area contributed by atoms with Crippen LogP contribution in [0.5, 0.6) is 5.75 Å². The van der Waals surface area contributed by atoms with Crippen molar-refractivity contribution in [1.29, 1.82) is 0 Å². The largest absolute Gasteiger partial charge is 0.497 e. The Hall–Kier alpha value is -3.02. The van der Waals surface area contributed by atoms with Crippen LogP contribution >= 0.6 is 0 Å². The monoisotopic (exact) mass is 396 g/mol. The van der Waals surface area contributed by atoms with E-state index in [-0.39, 0.29) is 11.8 Å². The molecule has 0 radical (unpaired) electrons. The van der Waals surface area contributed by atoms with Gasteiger partial charge in [-0.05, 0) is 48.7 Å². The van der Waals surface area contributed by atoms with Crippen molar-refractivity contribution in [2.75, 3.05) is 25.5 Å². The van der Waals surface area contributed by atoms with Crippen LogP contribution in [0.2, 0.25) is 0 Å². The summed E-state index contributed by atoms with van der Waals surface area (Å²) < 4.78 is 5.19. The third-order valence-electron chi connectivity index (χ3n) is 4.37. The normalized spacial score (nSPS) is 11.3. The summed E-state index contributed by atoms with van der Waals surface area (Å²) in [5.74, 6) is 1.64. The van der Waals surface area contributed by atoms with Gasteiger partial charge in [-0.1, -0.05) is 38.1 Å². The Labute approximate surface area is 173 Å². The van der Waals surface area contributed by atoms with Crippen molar-refractivity contribution in [1.82, 2.24) is 10.6 Å². The van der Waals surface area contributed by atoms with E-state index in [2.05, 4.69) is 33.1 Å². The molecule has 0 heterocycles. The molecule has 2 aromatic carbocycles. The van der Waals surface area contributed by atoms with Gasteiger partial charge in [-0.3, -0.25) is 4.79 Å². The number of aliphatic imine (C=N–C) groups is 1. The molecular formula is C23H32N4O2. The van der Waals surface area contributed by atoms with Gasteiger partial charge in [-0.2, -0.15) is 0 Å². The van der Waals surface area contributed by atoms with E-state index < -0.39 is 0 Å². The number of benzene rings is 2. The van der Waals surface area contributed by atoms with Crippen molar-refractivity contribution in [2.45, 2.75) is 33.7 Å². The molecule has 3 N–H and O–H groups in total. The van der Waals surface area contributed by atoms with Crippen LogP contribution in [-0.4, -0.2) is 32.1 Å². The van der Waals surface area contributed by atoms with E-state index in [0.717, 1.165) is 42.5 Å². The van der Waals surface area contributed by atoms with Crippen molar-refractivity contribution in [2.24, 2.45) is 10.9 Å². The Kier molecular flexibility index (Phi) is 9.02. The number of hydrogen-bond donors (Lipinski definition) is 3. The molecule has 0 saturated carbocycles. The predicted molar refractivity (Wildman–Crippen MR) is 119 cm³/mol. The number of nitrogens with zero attached hydrogens (tertiary/aromatic N) is 1. The van der Waals surface area contributed by atoms with Crippen LogP contribution in [-0.2, 0) is 17.8 Å². The van der Waals surface area contributed by atoms with Gasteiger partial charge in [0.25, 0.3) is 0 Å². The van der Waals surface area contributed by atoms with Crippen LogP contribution in [0.15, 0.2) is 53.5 Å². The summed E-state index contributed by atoms with van der Waals surface area (Å²) in [6.07, 6.45) is 0.901. The summed E-state index contributed by atoms with van der Waals surface area (Å²) in [4.78, 5) is 16.4. The molecule has 0 aliphatic rings. The number of hydrogen-bond acceptors (Lipinski definition) is 3. The molecule has 29 heavy (non-hydrogen) atoms. The zero-order chi connectivity index (χ0) is 21.1. The van der Waals surface area contributed by atoms with Crippen LogP contribution in [0, 0.1) is 5.92 Å². The maximum absolute atomic E-state index is 11.8. The van der Waals surface area contributed by atoms with E-state index in [9.17, 15) is 4.79 Å². The average Bonchev–Trinajstić information content (AvgIpc) is 2.73. The number of anilines is 1. The Bertz CT molecular complexity index is 784. The number of guanidine groups is 1. The summed E-state index contributed by atoms with van der Waals surface area (Å²) in [5.41, 5.74) is 3.13. The Morgan fingerprint density at radius 3 is 2.24 bits per heavy atom. The van der Waals surface area contributed by atoms with Crippen LogP contribution in [0.4, 0.5) is 5.69 Å². The quantitative estimate of drug-likeness (QED) is 0.447. The van der Waals surface area contributed by atoms with Crippen LogP contribution in [0.1, 0.15) is 31.9 Å². The highest BCUT2D eigenvalue weighted by Crippen LogP contribution is 2.12. The second-order valence-electron chi connectivity index (χ2n) is 7.06. The summed E-state index contributed by atoms with van der Waals surface area (Å²) in [5, 5.41) is 9.53. The fraction of sp³-hybridized carbons (Fsp3) is 0.391. The molecular weight excluding hydrogens is 364 g/mol. The van der Waals surface area contributed by atoms with E-state index in [1.165, 1.54) is 5.56 Å². The average molecular weight is 397 g/mol. The van der Waals surface area contributed by atoms with E-state index in [0.29, 0.717) is 6.54 Å². The van der Waals surface area contributed by atoms with Crippen LogP contribution in [0.3, 0.4) is 0 Å². The molecule has 156 valence electrons. The van der Waals surface area contributed by atoms with Crippen molar-refractivity contribution in [3.8, 4) is 5.75 Å². The first-order valence-corrected chi connectivity index (χ1v) is 10.1. The van der Waals surface area contributed by atoms with E-state index >= 15 is 0 Å². The highest BCUT2D eigenvalue weighted by molar-refractivity contribution is 5.92. The summed E-state index contributed by atoms with van der Waals surface area (Å²) in [6, 6.07) is 15.9. The molecule has 0 unspecified atom stereocenters. The van der Waals surface area contributed by atoms with Crippen LogP contribution in [0.25, 0.3) is 0 Å². The van der Waals surface area contributed by atoms with Crippen molar-refractivity contribution in [3.63, 3.8) is 0 Å². The molecule has 2 rings (SSSR count). The molecule has 6 nitrogen and oxygen atoms in total. The number of amides is 1. The Balaban J connectivity index is 1.86. The molecule has 0 aliphatic heterocycles. The summed E-state index contributed by atoms with van der Waals surface area (Å²) >= 11 is 0. The fourth-order valence-corrected chi connectivity index (χ4v) is 2.61. The molecule has 0 spiro atoms. The number of carbonyl (C=O) groups is 1. The highest BCUT2D eigenvalue weighted by atomic mass is 16.5. The second kappa shape index (κ2) is 11.7. The molecule has 6 heteroatoms. The molecule has 0 bridgehead atoms. The maximum atomic E-state index is 11.8. The lowest BCUT2D eigenvalue weighted by atomic mass is 10.1. The van der Waals surface area contributed by atoms with Crippen molar-refractivity contribution < 1.29 is 9.53 Å². The maximum Gasteiger partial charge on any atom is 0.226 e. The van der Waals surface area contributed by atoms with Gasteiger partial charge in [0, 0.05) is 24.7 Å². The lowest BCUT2D eigenvalue weighted by Crippen LogP contribution is -2.38. The highest BCUT2D eigenvalue weighted by Gasteiger charge is 2.06. The van der Waals surface area contributed by atoms with Gasteiger partial charge in [0.2, 0.25) is 5.91 Å².